The number of benzene rings is 2. The highest BCUT2D eigenvalue weighted by molar-refractivity contribution is 6.03. The summed E-state index contributed by atoms with van der Waals surface area (Å²) in [5.41, 5.74) is 8.80. The van der Waals surface area contributed by atoms with Crippen molar-refractivity contribution in [1.82, 2.24) is 25.4 Å². The molecule has 5 N–H and O–H groups in total. The Morgan fingerprint density at radius 3 is 2.44 bits per heavy atom. The lowest BCUT2D eigenvalue weighted by Gasteiger charge is -2.36. The number of alkyl carbamates (subject to hydrolysis) is 1. The average Bonchev–Trinajstić information content (AvgIpc) is 3.48. The number of carbonyl (C=O) groups excluding carboxylic acids is 3. The van der Waals surface area contributed by atoms with E-state index in [1.807, 2.05) is 71.3 Å². The summed E-state index contributed by atoms with van der Waals surface area (Å²) in [4.78, 5) is 60.4. The first kappa shape index (κ1) is 38.1. The van der Waals surface area contributed by atoms with Crippen LogP contribution in [0.4, 0.5) is 10.5 Å². The fourth-order valence-electron chi connectivity index (χ4n) is 6.60. The van der Waals surface area contributed by atoms with E-state index in [4.69, 9.17) is 15.2 Å². The number of aromatic amines is 2. The Balaban J connectivity index is 1.34. The molecule has 52 heavy (non-hydrogen) atoms. The van der Waals surface area contributed by atoms with Crippen molar-refractivity contribution < 1.29 is 23.9 Å². The predicted molar refractivity (Wildman–Crippen MR) is 201 cm³/mol. The maximum atomic E-state index is 14.5. The average molecular weight is 714 g/mol. The highest BCUT2D eigenvalue weighted by Crippen LogP contribution is 2.33. The molecule has 1 aliphatic rings. The Bertz CT molecular complexity index is 1890. The lowest BCUT2D eigenvalue weighted by atomic mass is 9.81. The number of aromatic nitrogens is 3. The van der Waals surface area contributed by atoms with Crippen LogP contribution in [0.15, 0.2) is 65.6 Å². The number of pyridine rings is 1. The molecule has 0 unspecified atom stereocenters. The molecule has 3 amide bonds. The van der Waals surface area contributed by atoms with E-state index in [0.29, 0.717) is 48.5 Å². The summed E-state index contributed by atoms with van der Waals surface area (Å²) in [6, 6.07) is 15.6. The predicted octanol–water partition coefficient (Wildman–Crippen LogP) is 5.01. The Kier molecular flexibility index (Phi) is 12.4. The van der Waals surface area contributed by atoms with Crippen molar-refractivity contribution in [3.8, 4) is 17.0 Å². The molecule has 1 fully saturated rings. The van der Waals surface area contributed by atoms with Crippen molar-refractivity contribution in [3.05, 3.63) is 76.7 Å². The van der Waals surface area contributed by atoms with Gasteiger partial charge in [-0.15, -0.1) is 0 Å². The second-order valence-electron chi connectivity index (χ2n) is 14.8. The van der Waals surface area contributed by atoms with Crippen LogP contribution < -0.4 is 26.2 Å². The van der Waals surface area contributed by atoms with Crippen LogP contribution in [-0.2, 0) is 20.7 Å². The largest absolute Gasteiger partial charge is 0.478 e. The second-order valence-corrected chi connectivity index (χ2v) is 14.8. The van der Waals surface area contributed by atoms with E-state index in [1.165, 1.54) is 4.90 Å². The van der Waals surface area contributed by atoms with E-state index >= 15 is 0 Å². The zero-order chi connectivity index (χ0) is 37.4. The Hall–Kier alpha value is -5.17. The van der Waals surface area contributed by atoms with E-state index < -0.39 is 23.6 Å². The number of hydrogen-bond acceptors (Lipinski definition) is 8. The fraction of sp³-hybridized carbons (Fsp3) is 0.462. The molecule has 0 aliphatic heterocycles. The number of carbonyl (C=O) groups is 3. The maximum absolute atomic E-state index is 14.5. The lowest BCUT2D eigenvalue weighted by Crippen LogP contribution is -2.52. The van der Waals surface area contributed by atoms with Gasteiger partial charge >= 0.3 is 6.09 Å². The molecule has 1 atom stereocenters. The molecule has 0 saturated heterocycles. The molecule has 2 aromatic heterocycles. The van der Waals surface area contributed by atoms with E-state index in [1.54, 1.807) is 24.4 Å². The number of amides is 3. The van der Waals surface area contributed by atoms with Crippen molar-refractivity contribution >= 4 is 34.5 Å². The van der Waals surface area contributed by atoms with Gasteiger partial charge in [-0.25, -0.2) is 9.78 Å². The Morgan fingerprint density at radius 1 is 1.00 bits per heavy atom. The number of nitrogens with two attached hydrogens (primary N) is 1. The molecule has 4 aromatic rings. The van der Waals surface area contributed by atoms with Crippen LogP contribution in [0.5, 0.6) is 5.88 Å². The molecule has 13 heteroatoms. The molecule has 2 aromatic carbocycles. The van der Waals surface area contributed by atoms with Crippen LogP contribution in [0, 0.1) is 11.8 Å². The molecule has 1 saturated carbocycles. The third-order valence-corrected chi connectivity index (χ3v) is 9.27. The van der Waals surface area contributed by atoms with Crippen LogP contribution >= 0.6 is 0 Å². The first-order chi connectivity index (χ1) is 24.8. The number of hydrogen-bond donors (Lipinski definition) is 4. The van der Waals surface area contributed by atoms with Crippen LogP contribution in [0.3, 0.4) is 0 Å². The number of nitrogens with one attached hydrogen (secondary N) is 3. The van der Waals surface area contributed by atoms with Crippen molar-refractivity contribution in [2.24, 2.45) is 17.6 Å². The standard InChI is InChI=1S/C39H51N7O6/c1-39(2,3)52-38(50)42-23-25-10-12-27(13-11-25)37(49)46(30-15-16-31-32(22-30)43-44-36(31)48)33(35(40)47)21-26-8-6-9-28(20-26)29-14-17-34(41-24-29)51-19-7-18-45(4)5/h6,8-9,14-17,20,22,24-25,27,33H,7,10-13,18-19,21,23H2,1-5H3,(H2,40,47)(H,42,50)(H2,43,44,48)/t25?,27?,33-/m0/s1. The first-order valence-electron chi connectivity index (χ1n) is 17.9. The van der Waals surface area contributed by atoms with Crippen molar-refractivity contribution in [1.29, 1.82) is 0 Å². The van der Waals surface area contributed by atoms with Gasteiger partial charge in [0.25, 0.3) is 5.56 Å². The van der Waals surface area contributed by atoms with Crippen LogP contribution in [0.1, 0.15) is 58.4 Å². The molecule has 13 nitrogen and oxygen atoms in total. The molecule has 0 bridgehead atoms. The number of anilines is 1. The third-order valence-electron chi connectivity index (χ3n) is 9.27. The fourth-order valence-corrected chi connectivity index (χ4v) is 6.60. The van der Waals surface area contributed by atoms with Gasteiger partial charge in [-0.3, -0.25) is 29.5 Å². The summed E-state index contributed by atoms with van der Waals surface area (Å²) in [7, 11) is 4.05. The van der Waals surface area contributed by atoms with Gasteiger partial charge < -0.3 is 25.4 Å². The normalized spacial score (nSPS) is 16.7. The molecule has 0 spiro atoms. The van der Waals surface area contributed by atoms with Gasteiger partial charge in [0.05, 0.1) is 17.5 Å². The zero-order valence-electron chi connectivity index (χ0n) is 30.7. The molecule has 0 radical (unpaired) electrons. The van der Waals surface area contributed by atoms with E-state index in [-0.39, 0.29) is 29.7 Å². The SMILES string of the molecule is CN(C)CCCOc1ccc(-c2cccc(C[C@@H](C(N)=O)N(C(=O)C3CCC(CNC(=O)OC(C)(C)C)CC3)c3ccc4c(=O)[nH][nH]c4c3)c2)cn1. The highest BCUT2D eigenvalue weighted by atomic mass is 16.6. The quantitative estimate of drug-likeness (QED) is 0.132. The van der Waals surface area contributed by atoms with Crippen LogP contribution in [0.2, 0.25) is 0 Å². The van der Waals surface area contributed by atoms with Crippen LogP contribution in [-0.4, -0.2) is 83.4 Å². The summed E-state index contributed by atoms with van der Waals surface area (Å²) >= 11 is 0. The lowest BCUT2D eigenvalue weighted by molar-refractivity contribution is -0.127. The topological polar surface area (TPSA) is 176 Å². The van der Waals surface area contributed by atoms with Gasteiger partial charge in [0, 0.05) is 48.9 Å². The minimum Gasteiger partial charge on any atom is -0.478 e. The number of H-pyrrole nitrogens is 2. The van der Waals surface area contributed by atoms with Crippen molar-refractivity contribution in [3.63, 3.8) is 0 Å². The number of rotatable bonds is 14. The highest BCUT2D eigenvalue weighted by Gasteiger charge is 2.36. The maximum Gasteiger partial charge on any atom is 0.407 e. The minimum atomic E-state index is -1.01. The summed E-state index contributed by atoms with van der Waals surface area (Å²) in [5, 5.41) is 8.73. The van der Waals surface area contributed by atoms with E-state index in [0.717, 1.165) is 42.5 Å². The van der Waals surface area contributed by atoms with Gasteiger partial charge in [-0.1, -0.05) is 24.3 Å². The van der Waals surface area contributed by atoms with Gasteiger partial charge in [0.1, 0.15) is 11.6 Å². The molecule has 5 rings (SSSR count). The van der Waals surface area contributed by atoms with Gasteiger partial charge in [-0.05, 0) is 108 Å². The Labute approximate surface area is 304 Å². The van der Waals surface area contributed by atoms with Gasteiger partial charge in [-0.2, -0.15) is 0 Å². The van der Waals surface area contributed by atoms with Crippen molar-refractivity contribution in [2.75, 3.05) is 38.7 Å². The Morgan fingerprint density at radius 2 is 1.77 bits per heavy atom. The number of fused-ring (bicyclic) bond motifs is 1. The van der Waals surface area contributed by atoms with Gasteiger partial charge in [0.2, 0.25) is 17.7 Å². The summed E-state index contributed by atoms with van der Waals surface area (Å²) in [5.74, 6) is -0.466. The number of primary amides is 1. The van der Waals surface area contributed by atoms with E-state index in [2.05, 4.69) is 25.4 Å². The molecular formula is C39H51N7O6. The second kappa shape index (κ2) is 16.9. The number of ether oxygens (including phenoxy) is 2. The van der Waals surface area contributed by atoms with E-state index in [9.17, 15) is 19.2 Å². The van der Waals surface area contributed by atoms with Crippen LogP contribution in [0.25, 0.3) is 22.0 Å². The summed E-state index contributed by atoms with van der Waals surface area (Å²) < 4.78 is 11.2. The monoisotopic (exact) mass is 713 g/mol. The first-order valence-corrected chi connectivity index (χ1v) is 17.9. The molecule has 2 heterocycles. The summed E-state index contributed by atoms with van der Waals surface area (Å²) in [6.45, 7) is 7.41. The molecular weight excluding hydrogens is 662 g/mol. The smallest absolute Gasteiger partial charge is 0.407 e. The molecule has 1 aliphatic carbocycles. The summed E-state index contributed by atoms with van der Waals surface area (Å²) in [6.07, 6.45) is 4.98. The molecule has 278 valence electrons. The zero-order valence-corrected chi connectivity index (χ0v) is 30.7. The minimum absolute atomic E-state index is 0.173. The van der Waals surface area contributed by atoms with Crippen molar-refractivity contribution in [2.45, 2.75) is 70.9 Å². The third kappa shape index (κ3) is 10.2. The van der Waals surface area contributed by atoms with Gasteiger partial charge in [0.15, 0.2) is 0 Å². The number of nitrogens with zero attached hydrogens (tertiary/aromatic N) is 3.